The first kappa shape index (κ1) is 15.0. The molecule has 5 heterocycles. The van der Waals surface area contributed by atoms with Gasteiger partial charge in [-0.3, -0.25) is 9.50 Å². The number of hydrogen-bond acceptors (Lipinski definition) is 7. The number of nitrogens with zero attached hydrogens (tertiary/aromatic N) is 8. The topological polar surface area (TPSA) is 102 Å². The molecule has 0 aliphatic rings. The largest absolute Gasteiger partial charge is 0.276 e. The summed E-state index contributed by atoms with van der Waals surface area (Å²) in [5.74, 6) is 1.41. The van der Waals surface area contributed by atoms with Crippen molar-refractivity contribution in [3.8, 4) is 11.4 Å². The summed E-state index contributed by atoms with van der Waals surface area (Å²) in [6, 6.07) is 7.69. The minimum absolute atomic E-state index is 0.641. The first-order valence-corrected chi connectivity index (χ1v) is 8.72. The van der Waals surface area contributed by atoms with E-state index in [1.54, 1.807) is 4.52 Å². The molecule has 0 aliphatic heterocycles. The number of fused-ring (bicyclic) bond motifs is 2. The van der Waals surface area contributed by atoms with Crippen LogP contribution in [0.2, 0.25) is 0 Å². The van der Waals surface area contributed by atoms with Crippen molar-refractivity contribution >= 4 is 23.1 Å². The number of imidazole rings is 1. The molecule has 5 aromatic heterocycles. The number of aryl methyl sites for hydroxylation is 2. The van der Waals surface area contributed by atoms with Crippen molar-refractivity contribution in [2.24, 2.45) is 0 Å². The lowest BCUT2D eigenvalue weighted by molar-refractivity contribution is 0.848. The number of pyridine rings is 1. The molecule has 26 heavy (non-hydrogen) atoms. The van der Waals surface area contributed by atoms with Crippen LogP contribution >= 0.6 is 11.8 Å². The van der Waals surface area contributed by atoms with Crippen LogP contribution in [-0.4, -0.2) is 44.4 Å². The molecule has 10 heteroatoms. The highest BCUT2D eigenvalue weighted by Crippen LogP contribution is 2.26. The van der Waals surface area contributed by atoms with E-state index in [4.69, 9.17) is 0 Å². The van der Waals surface area contributed by atoms with E-state index < -0.39 is 0 Å². The monoisotopic (exact) mass is 363 g/mol. The van der Waals surface area contributed by atoms with Crippen molar-refractivity contribution in [1.29, 1.82) is 0 Å². The van der Waals surface area contributed by atoms with Crippen LogP contribution in [0.15, 0.2) is 46.8 Å². The van der Waals surface area contributed by atoms with Crippen LogP contribution in [0.4, 0.5) is 0 Å². The molecular formula is C16H13N9S. The summed E-state index contributed by atoms with van der Waals surface area (Å²) in [4.78, 5) is 8.76. The lowest BCUT2D eigenvalue weighted by atomic mass is 10.3. The molecule has 0 bridgehead atoms. The van der Waals surface area contributed by atoms with Gasteiger partial charge in [-0.2, -0.15) is 10.2 Å². The van der Waals surface area contributed by atoms with Crippen LogP contribution in [0.3, 0.4) is 0 Å². The summed E-state index contributed by atoms with van der Waals surface area (Å²) < 4.78 is 3.68. The Morgan fingerprint density at radius 3 is 2.69 bits per heavy atom. The molecular weight excluding hydrogens is 350 g/mol. The van der Waals surface area contributed by atoms with Crippen LogP contribution in [-0.2, 0) is 0 Å². The van der Waals surface area contributed by atoms with Gasteiger partial charge in [-0.25, -0.2) is 14.5 Å². The van der Waals surface area contributed by atoms with E-state index in [1.807, 2.05) is 54.9 Å². The van der Waals surface area contributed by atoms with E-state index in [-0.39, 0.29) is 0 Å². The first-order chi connectivity index (χ1) is 12.7. The summed E-state index contributed by atoms with van der Waals surface area (Å²) in [5.41, 5.74) is 3.39. The molecule has 0 saturated heterocycles. The Hall–Kier alpha value is -3.27. The maximum absolute atomic E-state index is 4.57. The van der Waals surface area contributed by atoms with Gasteiger partial charge in [-0.1, -0.05) is 0 Å². The van der Waals surface area contributed by atoms with Crippen molar-refractivity contribution in [3.05, 3.63) is 48.2 Å². The molecule has 0 radical (unpaired) electrons. The molecule has 5 rings (SSSR count). The third kappa shape index (κ3) is 2.51. The van der Waals surface area contributed by atoms with Gasteiger partial charge in [0.1, 0.15) is 10.9 Å². The van der Waals surface area contributed by atoms with Gasteiger partial charge in [0.2, 0.25) is 5.16 Å². The molecule has 0 spiro atoms. The van der Waals surface area contributed by atoms with Gasteiger partial charge in [-0.15, -0.1) is 10.2 Å². The van der Waals surface area contributed by atoms with Crippen molar-refractivity contribution in [2.75, 3.05) is 0 Å². The normalized spacial score (nSPS) is 11.6. The van der Waals surface area contributed by atoms with Crippen LogP contribution < -0.4 is 0 Å². The molecule has 0 aromatic carbocycles. The predicted octanol–water partition coefficient (Wildman–Crippen LogP) is 2.33. The number of hydrogen-bond donors (Lipinski definition) is 1. The second-order valence-corrected chi connectivity index (χ2v) is 6.82. The zero-order valence-electron chi connectivity index (χ0n) is 14.0. The van der Waals surface area contributed by atoms with Gasteiger partial charge in [0.15, 0.2) is 17.1 Å². The Kier molecular flexibility index (Phi) is 3.25. The van der Waals surface area contributed by atoms with Crippen LogP contribution in [0, 0.1) is 13.8 Å². The average molecular weight is 363 g/mol. The number of aromatic amines is 1. The molecule has 1 N–H and O–H groups in total. The minimum Gasteiger partial charge on any atom is -0.276 e. The van der Waals surface area contributed by atoms with Crippen LogP contribution in [0.5, 0.6) is 0 Å². The maximum atomic E-state index is 4.57. The molecule has 0 amide bonds. The van der Waals surface area contributed by atoms with Crippen molar-refractivity contribution in [3.63, 3.8) is 0 Å². The highest BCUT2D eigenvalue weighted by Gasteiger charge is 2.12. The highest BCUT2D eigenvalue weighted by atomic mass is 32.2. The second kappa shape index (κ2) is 5.63. The van der Waals surface area contributed by atoms with Crippen molar-refractivity contribution < 1.29 is 0 Å². The molecule has 9 nitrogen and oxygen atoms in total. The predicted molar refractivity (Wildman–Crippen MR) is 94.9 cm³/mol. The Morgan fingerprint density at radius 1 is 0.962 bits per heavy atom. The molecule has 0 saturated carbocycles. The van der Waals surface area contributed by atoms with Gasteiger partial charge in [0.05, 0.1) is 11.9 Å². The lowest BCUT2D eigenvalue weighted by Crippen LogP contribution is -1.94. The van der Waals surface area contributed by atoms with E-state index in [1.165, 1.54) is 11.8 Å². The minimum atomic E-state index is 0.641. The Labute approximate surface area is 151 Å². The molecule has 0 fully saturated rings. The quantitative estimate of drug-likeness (QED) is 0.525. The smallest absolute Gasteiger partial charge is 0.201 e. The van der Waals surface area contributed by atoms with E-state index in [9.17, 15) is 0 Å². The maximum Gasteiger partial charge on any atom is 0.201 e. The second-order valence-electron chi connectivity index (χ2n) is 5.83. The standard InChI is InChI=1S/C16H13N9S/c1-9-7-25-12(17-9)5-6-14(23-25)26-16-22-20-13-4-3-11(8-24(13)16)15-18-10(2)19-21-15/h3-8H,1-2H3,(H,18,19,21). The van der Waals surface area contributed by atoms with Gasteiger partial charge >= 0.3 is 0 Å². The Morgan fingerprint density at radius 2 is 1.85 bits per heavy atom. The number of H-pyrrole nitrogens is 1. The fourth-order valence-electron chi connectivity index (χ4n) is 2.67. The van der Waals surface area contributed by atoms with Gasteiger partial charge in [0, 0.05) is 11.8 Å². The fraction of sp³-hybridized carbons (Fsp3) is 0.125. The van der Waals surface area contributed by atoms with Crippen LogP contribution in [0.25, 0.3) is 22.7 Å². The summed E-state index contributed by atoms with van der Waals surface area (Å²) in [5, 5.41) is 21.7. The van der Waals surface area contributed by atoms with E-state index in [0.717, 1.165) is 38.6 Å². The summed E-state index contributed by atoms with van der Waals surface area (Å²) in [6.45, 7) is 3.81. The van der Waals surface area contributed by atoms with Gasteiger partial charge < -0.3 is 0 Å². The van der Waals surface area contributed by atoms with Gasteiger partial charge in [0.25, 0.3) is 0 Å². The van der Waals surface area contributed by atoms with E-state index in [0.29, 0.717) is 5.82 Å². The lowest BCUT2D eigenvalue weighted by Gasteiger charge is -2.02. The number of aromatic nitrogens is 9. The number of rotatable bonds is 3. The molecule has 5 aromatic rings. The summed E-state index contributed by atoms with van der Waals surface area (Å²) >= 11 is 1.44. The first-order valence-electron chi connectivity index (χ1n) is 7.91. The molecule has 0 aliphatic carbocycles. The molecule has 128 valence electrons. The van der Waals surface area contributed by atoms with Crippen molar-refractivity contribution in [2.45, 2.75) is 24.0 Å². The zero-order chi connectivity index (χ0) is 17.7. The Balaban J connectivity index is 1.55. The molecule has 0 unspecified atom stereocenters. The third-order valence-corrected chi connectivity index (χ3v) is 4.73. The van der Waals surface area contributed by atoms with Gasteiger partial charge in [-0.05, 0) is 49.9 Å². The van der Waals surface area contributed by atoms with Crippen LogP contribution in [0.1, 0.15) is 11.5 Å². The van der Waals surface area contributed by atoms with Crippen molar-refractivity contribution in [1.82, 2.24) is 44.4 Å². The fourth-order valence-corrected chi connectivity index (χ4v) is 3.45. The summed E-state index contributed by atoms with van der Waals surface area (Å²) in [7, 11) is 0. The third-order valence-electron chi connectivity index (χ3n) is 3.84. The molecule has 0 atom stereocenters. The number of nitrogens with one attached hydrogen (secondary N) is 1. The zero-order valence-corrected chi connectivity index (χ0v) is 14.8. The van der Waals surface area contributed by atoms with E-state index in [2.05, 4.69) is 35.5 Å². The van der Waals surface area contributed by atoms with E-state index >= 15 is 0 Å². The highest BCUT2D eigenvalue weighted by molar-refractivity contribution is 7.99. The average Bonchev–Trinajstić information content (AvgIpc) is 3.32. The SMILES string of the molecule is Cc1cn2nc(Sc3nnc4ccc(-c5n[nH]c(C)n5)cn34)ccc2n1. The summed E-state index contributed by atoms with van der Waals surface area (Å²) in [6.07, 6.45) is 3.82. The Bertz CT molecular complexity index is 1250.